The van der Waals surface area contributed by atoms with Crippen LogP contribution in [0, 0.1) is 0 Å². The summed E-state index contributed by atoms with van der Waals surface area (Å²) in [5.41, 5.74) is 1.39. The Bertz CT molecular complexity index is 470. The lowest BCUT2D eigenvalue weighted by Gasteiger charge is -2.15. The smallest absolute Gasteiger partial charge is 0.321 e. The number of benzene rings is 1. The average Bonchev–Trinajstić information content (AvgIpc) is 2.23. The van der Waals surface area contributed by atoms with E-state index in [1.807, 2.05) is 19.9 Å². The molecule has 1 rings (SSSR count). The van der Waals surface area contributed by atoms with Crippen LogP contribution in [0.3, 0.4) is 0 Å². The molecule has 17 heavy (non-hydrogen) atoms. The Hall–Kier alpha value is -0.410. The highest BCUT2D eigenvalue weighted by molar-refractivity contribution is 9.10. The second kappa shape index (κ2) is 5.96. The lowest BCUT2D eigenvalue weighted by atomic mass is 10.1. The predicted octanol–water partition coefficient (Wildman–Crippen LogP) is 4.16. The van der Waals surface area contributed by atoms with Gasteiger partial charge >= 0.3 is 7.60 Å². The molecule has 0 saturated carbocycles. The molecule has 0 aliphatic rings. The van der Waals surface area contributed by atoms with Gasteiger partial charge < -0.3 is 9.79 Å². The molecule has 0 saturated heterocycles. The minimum absolute atomic E-state index is 0.170. The van der Waals surface area contributed by atoms with Crippen molar-refractivity contribution in [3.63, 3.8) is 0 Å². The molecule has 2 N–H and O–H groups in total. The molecule has 0 unspecified atom stereocenters. The molecule has 0 aromatic heterocycles. The van der Waals surface area contributed by atoms with Crippen LogP contribution in [-0.4, -0.2) is 9.79 Å². The summed E-state index contributed by atoms with van der Waals surface area (Å²) in [5.74, 6) is 0. The topological polar surface area (TPSA) is 57.5 Å². The summed E-state index contributed by atoms with van der Waals surface area (Å²) in [6, 6.07) is 7.07. The fourth-order valence-corrected chi connectivity index (χ4v) is 3.40. The molecule has 1 aromatic carbocycles. The molecular weight excluding hydrogens is 303 g/mol. The van der Waals surface area contributed by atoms with Gasteiger partial charge in [-0.1, -0.05) is 47.5 Å². The lowest BCUT2D eigenvalue weighted by molar-refractivity contribution is 0.388. The van der Waals surface area contributed by atoms with Crippen molar-refractivity contribution >= 4 is 28.8 Å². The number of halogens is 1. The molecule has 0 heterocycles. The number of rotatable bonds is 4. The zero-order valence-corrected chi connectivity index (χ0v) is 12.3. The van der Waals surface area contributed by atoms with E-state index in [1.165, 1.54) is 0 Å². The van der Waals surface area contributed by atoms with Crippen LogP contribution < -0.4 is 0 Å². The maximum atomic E-state index is 11.6. The monoisotopic (exact) mass is 318 g/mol. The summed E-state index contributed by atoms with van der Waals surface area (Å²) in [4.78, 5) is 19.0. The summed E-state index contributed by atoms with van der Waals surface area (Å²) in [7, 11) is -4.25. The Morgan fingerprint density at radius 2 is 1.88 bits per heavy atom. The second-order valence-corrected chi connectivity index (χ2v) is 6.16. The van der Waals surface area contributed by atoms with E-state index in [9.17, 15) is 14.4 Å². The Kier molecular flexibility index (Phi) is 5.14. The minimum atomic E-state index is -4.25. The number of hydrogen-bond donors (Lipinski definition) is 2. The Labute approximate surface area is 110 Å². The van der Waals surface area contributed by atoms with Gasteiger partial charge in [0, 0.05) is 4.47 Å². The zero-order chi connectivity index (χ0) is 13.1. The van der Waals surface area contributed by atoms with Gasteiger partial charge in [-0.25, -0.2) is 0 Å². The van der Waals surface area contributed by atoms with Crippen molar-refractivity contribution in [1.29, 1.82) is 0 Å². The standard InChI is InChI=1S/C12H16BrO3P/c1-3-9(4-2)12(17(14,15)16)10-6-5-7-11(13)8-10/h5-8H,3-4H2,1-2H3,(H2,14,15,16). The Morgan fingerprint density at radius 3 is 2.29 bits per heavy atom. The van der Waals surface area contributed by atoms with E-state index in [-0.39, 0.29) is 5.31 Å². The van der Waals surface area contributed by atoms with Crippen LogP contribution >= 0.6 is 23.5 Å². The first-order valence-corrected chi connectivity index (χ1v) is 7.84. The summed E-state index contributed by atoms with van der Waals surface area (Å²) < 4.78 is 12.4. The van der Waals surface area contributed by atoms with Crippen molar-refractivity contribution < 1.29 is 14.4 Å². The Balaban J connectivity index is 3.46. The molecule has 0 fully saturated rings. The lowest BCUT2D eigenvalue weighted by Crippen LogP contribution is -1.93. The molecule has 0 radical (unpaired) electrons. The van der Waals surface area contributed by atoms with Crippen LogP contribution in [0.4, 0.5) is 0 Å². The van der Waals surface area contributed by atoms with E-state index in [2.05, 4.69) is 15.9 Å². The van der Waals surface area contributed by atoms with Crippen LogP contribution in [0.2, 0.25) is 0 Å². The van der Waals surface area contributed by atoms with E-state index in [4.69, 9.17) is 0 Å². The summed E-state index contributed by atoms with van der Waals surface area (Å²) in [6.45, 7) is 3.82. The van der Waals surface area contributed by atoms with Gasteiger partial charge in [0.25, 0.3) is 0 Å². The van der Waals surface area contributed by atoms with E-state index in [0.717, 1.165) is 10.0 Å². The summed E-state index contributed by atoms with van der Waals surface area (Å²) in [5, 5.41) is 0.170. The molecule has 0 amide bonds. The van der Waals surface area contributed by atoms with Crippen LogP contribution in [0.1, 0.15) is 32.3 Å². The minimum Gasteiger partial charge on any atom is -0.321 e. The molecule has 3 nitrogen and oxygen atoms in total. The van der Waals surface area contributed by atoms with Gasteiger partial charge in [0.15, 0.2) is 0 Å². The second-order valence-electron chi connectivity index (χ2n) is 3.71. The molecule has 0 aliphatic heterocycles. The number of allylic oxidation sites excluding steroid dienone is 1. The van der Waals surface area contributed by atoms with Crippen LogP contribution in [-0.2, 0) is 4.57 Å². The van der Waals surface area contributed by atoms with Gasteiger partial charge in [-0.3, -0.25) is 4.57 Å². The highest BCUT2D eigenvalue weighted by Crippen LogP contribution is 2.53. The molecule has 0 spiro atoms. The van der Waals surface area contributed by atoms with Crippen LogP contribution in [0.25, 0.3) is 5.31 Å². The fourth-order valence-electron chi connectivity index (χ4n) is 1.80. The van der Waals surface area contributed by atoms with Crippen molar-refractivity contribution in [2.45, 2.75) is 26.7 Å². The first-order valence-electron chi connectivity index (χ1n) is 5.44. The quantitative estimate of drug-likeness (QED) is 0.819. The normalized spacial score (nSPS) is 11.4. The van der Waals surface area contributed by atoms with Gasteiger partial charge in [0.05, 0.1) is 5.31 Å². The molecule has 94 valence electrons. The van der Waals surface area contributed by atoms with E-state index >= 15 is 0 Å². The maximum absolute atomic E-state index is 11.6. The number of hydrogen-bond acceptors (Lipinski definition) is 1. The van der Waals surface area contributed by atoms with Crippen molar-refractivity contribution in [3.8, 4) is 0 Å². The third-order valence-corrected chi connectivity index (χ3v) is 4.23. The van der Waals surface area contributed by atoms with Gasteiger partial charge in [-0.15, -0.1) is 0 Å². The SMILES string of the molecule is CCC(CC)=C(c1cccc(Br)c1)P(=O)(O)O. The average molecular weight is 319 g/mol. The fraction of sp³-hybridized carbons (Fsp3) is 0.333. The van der Waals surface area contributed by atoms with E-state index in [0.29, 0.717) is 18.4 Å². The molecule has 0 bridgehead atoms. The van der Waals surface area contributed by atoms with Gasteiger partial charge in [0.2, 0.25) is 0 Å². The van der Waals surface area contributed by atoms with E-state index in [1.54, 1.807) is 18.2 Å². The zero-order valence-electron chi connectivity index (χ0n) is 9.85. The van der Waals surface area contributed by atoms with Gasteiger partial charge in [-0.2, -0.15) is 0 Å². The van der Waals surface area contributed by atoms with E-state index < -0.39 is 7.60 Å². The molecular formula is C12H16BrO3P. The molecule has 0 aliphatic carbocycles. The van der Waals surface area contributed by atoms with Crippen molar-refractivity contribution in [2.24, 2.45) is 0 Å². The third-order valence-electron chi connectivity index (χ3n) is 2.58. The van der Waals surface area contributed by atoms with Crippen molar-refractivity contribution in [2.75, 3.05) is 0 Å². The van der Waals surface area contributed by atoms with Gasteiger partial charge in [0.1, 0.15) is 0 Å². The summed E-state index contributed by atoms with van der Waals surface area (Å²) >= 11 is 3.31. The first-order chi connectivity index (χ1) is 7.90. The Morgan fingerprint density at radius 1 is 1.29 bits per heavy atom. The van der Waals surface area contributed by atoms with Crippen LogP contribution in [0.5, 0.6) is 0 Å². The van der Waals surface area contributed by atoms with Crippen LogP contribution in [0.15, 0.2) is 34.3 Å². The third kappa shape index (κ3) is 3.78. The largest absolute Gasteiger partial charge is 0.356 e. The predicted molar refractivity (Wildman–Crippen MR) is 73.7 cm³/mol. The highest BCUT2D eigenvalue weighted by atomic mass is 79.9. The van der Waals surface area contributed by atoms with Crippen molar-refractivity contribution in [3.05, 3.63) is 39.9 Å². The highest BCUT2D eigenvalue weighted by Gasteiger charge is 2.25. The maximum Gasteiger partial charge on any atom is 0.356 e. The molecule has 1 aromatic rings. The molecule has 5 heteroatoms. The first kappa shape index (κ1) is 14.7. The summed E-state index contributed by atoms with van der Waals surface area (Å²) in [6.07, 6.45) is 1.28. The van der Waals surface area contributed by atoms with Crippen molar-refractivity contribution in [1.82, 2.24) is 0 Å². The molecule has 0 atom stereocenters. The van der Waals surface area contributed by atoms with Gasteiger partial charge in [-0.05, 0) is 30.5 Å².